The van der Waals surface area contributed by atoms with Crippen molar-refractivity contribution >= 4 is 50.7 Å². The van der Waals surface area contributed by atoms with E-state index in [0.717, 1.165) is 16.1 Å². The predicted octanol–water partition coefficient (Wildman–Crippen LogP) is 4.55. The molecule has 0 unspecified atom stereocenters. The molecular weight excluding hydrogens is 589 g/mol. The van der Waals surface area contributed by atoms with Crippen LogP contribution in [0.5, 0.6) is 11.5 Å². The van der Waals surface area contributed by atoms with Gasteiger partial charge in [-0.15, -0.1) is 0 Å². The van der Waals surface area contributed by atoms with Gasteiger partial charge < -0.3 is 19.7 Å². The van der Waals surface area contributed by atoms with E-state index in [1.165, 1.54) is 31.3 Å². The molecule has 3 rings (SSSR count). The van der Waals surface area contributed by atoms with Gasteiger partial charge in [-0.2, -0.15) is 0 Å². The minimum Gasteiger partial charge on any atom is -0.493 e. The number of hydrogen-bond acceptors (Lipinski definition) is 6. The van der Waals surface area contributed by atoms with Gasteiger partial charge in [-0.3, -0.25) is 13.9 Å². The van der Waals surface area contributed by atoms with Crippen LogP contribution in [0.1, 0.15) is 18.1 Å². The van der Waals surface area contributed by atoms with Gasteiger partial charge >= 0.3 is 0 Å². The Bertz CT molecular complexity index is 1450. The second-order valence-electron chi connectivity index (χ2n) is 9.13. The minimum atomic E-state index is -3.96. The highest BCUT2D eigenvalue weighted by Gasteiger charge is 2.33. The van der Waals surface area contributed by atoms with Gasteiger partial charge in [0, 0.05) is 41.2 Å². The molecular formula is C29H33Cl2N3O6S. The van der Waals surface area contributed by atoms with Crippen LogP contribution in [-0.4, -0.2) is 64.7 Å². The van der Waals surface area contributed by atoms with Crippen molar-refractivity contribution in [1.82, 2.24) is 10.2 Å². The zero-order valence-electron chi connectivity index (χ0n) is 23.3. The topological polar surface area (TPSA) is 105 Å². The molecule has 1 N–H and O–H groups in total. The van der Waals surface area contributed by atoms with E-state index >= 15 is 0 Å². The second kappa shape index (κ2) is 14.4. The number of benzene rings is 3. The molecule has 9 nitrogen and oxygen atoms in total. The van der Waals surface area contributed by atoms with Crippen LogP contribution in [0.3, 0.4) is 0 Å². The highest BCUT2D eigenvalue weighted by molar-refractivity contribution is 7.92. The Kier molecular flexibility index (Phi) is 11.3. The number of ether oxygens (including phenoxy) is 2. The number of carbonyl (C=O) groups excluding carboxylic acids is 2. The molecule has 0 radical (unpaired) electrons. The smallest absolute Gasteiger partial charge is 0.244 e. The van der Waals surface area contributed by atoms with Gasteiger partial charge in [-0.25, -0.2) is 8.42 Å². The van der Waals surface area contributed by atoms with E-state index in [1.807, 2.05) is 30.3 Å². The van der Waals surface area contributed by atoms with Gasteiger partial charge in [-0.05, 0) is 36.8 Å². The summed E-state index contributed by atoms with van der Waals surface area (Å²) in [4.78, 5) is 28.9. The highest BCUT2D eigenvalue weighted by atomic mass is 35.5. The molecule has 0 fully saturated rings. The number of methoxy groups -OCH3 is 2. The molecule has 41 heavy (non-hydrogen) atoms. The summed E-state index contributed by atoms with van der Waals surface area (Å²) in [6.07, 6.45) is 1.17. The summed E-state index contributed by atoms with van der Waals surface area (Å²) in [5.41, 5.74) is 1.43. The fraction of sp³-hybridized carbons (Fsp3) is 0.310. The molecule has 1 atom stereocenters. The van der Waals surface area contributed by atoms with Crippen molar-refractivity contribution in [3.8, 4) is 11.5 Å². The van der Waals surface area contributed by atoms with Crippen molar-refractivity contribution in [3.63, 3.8) is 0 Å². The lowest BCUT2D eigenvalue weighted by Crippen LogP contribution is -2.53. The SMILES string of the molecule is CCNC(=O)[C@H](Cc1ccccc1)N(Cc1c(Cl)cccc1Cl)C(=O)CN(c1ccc(OC)c(OC)c1)S(C)(=O)=O. The van der Waals surface area contributed by atoms with Crippen molar-refractivity contribution < 1.29 is 27.5 Å². The molecule has 0 aromatic heterocycles. The first kappa shape index (κ1) is 32.0. The third-order valence-electron chi connectivity index (χ3n) is 6.35. The third kappa shape index (κ3) is 8.28. The predicted molar refractivity (Wildman–Crippen MR) is 161 cm³/mol. The van der Waals surface area contributed by atoms with E-state index < -0.39 is 34.4 Å². The van der Waals surface area contributed by atoms with E-state index in [2.05, 4.69) is 5.32 Å². The van der Waals surface area contributed by atoms with Crippen LogP contribution in [0, 0.1) is 0 Å². The molecule has 0 saturated carbocycles. The molecule has 12 heteroatoms. The summed E-state index contributed by atoms with van der Waals surface area (Å²) in [6, 6.07) is 17.7. The number of hydrogen-bond donors (Lipinski definition) is 1. The summed E-state index contributed by atoms with van der Waals surface area (Å²) in [6.45, 7) is 1.38. The lowest BCUT2D eigenvalue weighted by molar-refractivity contribution is -0.140. The molecule has 0 spiro atoms. The highest BCUT2D eigenvalue weighted by Crippen LogP contribution is 2.33. The van der Waals surface area contributed by atoms with Crippen LogP contribution in [0.2, 0.25) is 10.0 Å². The van der Waals surface area contributed by atoms with Crippen LogP contribution >= 0.6 is 23.2 Å². The van der Waals surface area contributed by atoms with Gasteiger partial charge in [0.15, 0.2) is 11.5 Å². The maximum absolute atomic E-state index is 14.1. The lowest BCUT2D eigenvalue weighted by Gasteiger charge is -2.34. The first-order valence-corrected chi connectivity index (χ1v) is 15.3. The molecule has 0 heterocycles. The van der Waals surface area contributed by atoms with Crippen molar-refractivity contribution in [1.29, 1.82) is 0 Å². The molecule has 0 aliphatic heterocycles. The minimum absolute atomic E-state index is 0.129. The lowest BCUT2D eigenvalue weighted by atomic mass is 10.0. The normalized spacial score (nSPS) is 11.9. The molecule has 2 amide bonds. The fourth-order valence-electron chi connectivity index (χ4n) is 4.29. The van der Waals surface area contributed by atoms with Crippen LogP contribution in [0.15, 0.2) is 66.7 Å². The van der Waals surface area contributed by atoms with Gasteiger partial charge in [-0.1, -0.05) is 59.6 Å². The maximum atomic E-state index is 14.1. The number of carbonyl (C=O) groups is 2. The summed E-state index contributed by atoms with van der Waals surface area (Å²) >= 11 is 12.9. The van der Waals surface area contributed by atoms with Crippen LogP contribution in [-0.2, 0) is 32.6 Å². The largest absolute Gasteiger partial charge is 0.493 e. The summed E-state index contributed by atoms with van der Waals surface area (Å²) in [7, 11) is -1.08. The quantitative estimate of drug-likeness (QED) is 0.300. The Morgan fingerprint density at radius 3 is 2.12 bits per heavy atom. The fourth-order valence-corrected chi connectivity index (χ4v) is 5.65. The third-order valence-corrected chi connectivity index (χ3v) is 8.20. The van der Waals surface area contributed by atoms with E-state index in [0.29, 0.717) is 27.9 Å². The number of rotatable bonds is 13. The molecule has 220 valence electrons. The Labute approximate surface area is 251 Å². The van der Waals surface area contributed by atoms with Crippen LogP contribution in [0.25, 0.3) is 0 Å². The monoisotopic (exact) mass is 621 g/mol. The first-order valence-electron chi connectivity index (χ1n) is 12.7. The van der Waals surface area contributed by atoms with Gasteiger partial charge in [0.05, 0.1) is 26.2 Å². The van der Waals surface area contributed by atoms with Crippen LogP contribution in [0.4, 0.5) is 5.69 Å². The van der Waals surface area contributed by atoms with E-state index in [4.69, 9.17) is 32.7 Å². The van der Waals surface area contributed by atoms with Crippen molar-refractivity contribution in [2.45, 2.75) is 25.9 Å². The Morgan fingerprint density at radius 2 is 1.56 bits per heavy atom. The molecule has 0 aliphatic carbocycles. The second-order valence-corrected chi connectivity index (χ2v) is 11.9. The molecule has 0 bridgehead atoms. The summed E-state index contributed by atoms with van der Waals surface area (Å²) < 4.78 is 37.5. The number of amides is 2. The van der Waals surface area contributed by atoms with Crippen molar-refractivity contribution in [2.75, 3.05) is 37.9 Å². The van der Waals surface area contributed by atoms with Crippen LogP contribution < -0.4 is 19.1 Å². The standard InChI is InChI=1S/C29H33Cl2N3O6S/c1-5-32-29(36)25(16-20-10-7-6-8-11-20)33(18-22-23(30)12-9-13-24(22)31)28(35)19-34(41(4,37)38)21-14-15-26(39-2)27(17-21)40-3/h6-15,17,25H,5,16,18-19H2,1-4H3,(H,32,36)/t25-/m0/s1. The molecule has 3 aromatic rings. The van der Waals surface area contributed by atoms with E-state index in [-0.39, 0.29) is 24.4 Å². The van der Waals surface area contributed by atoms with Crippen molar-refractivity contribution in [2.24, 2.45) is 0 Å². The van der Waals surface area contributed by atoms with E-state index in [9.17, 15) is 18.0 Å². The van der Waals surface area contributed by atoms with Gasteiger partial charge in [0.2, 0.25) is 21.8 Å². The number of anilines is 1. The van der Waals surface area contributed by atoms with E-state index in [1.54, 1.807) is 31.2 Å². The maximum Gasteiger partial charge on any atom is 0.244 e. The molecule has 3 aromatic carbocycles. The van der Waals surface area contributed by atoms with Crippen molar-refractivity contribution in [3.05, 3.63) is 87.9 Å². The average molecular weight is 623 g/mol. The number of nitrogens with zero attached hydrogens (tertiary/aromatic N) is 2. The number of sulfonamides is 1. The molecule has 0 saturated heterocycles. The average Bonchev–Trinajstić information content (AvgIpc) is 2.94. The Hall–Kier alpha value is -3.47. The Balaban J connectivity index is 2.10. The summed E-state index contributed by atoms with van der Waals surface area (Å²) in [5, 5.41) is 3.42. The zero-order valence-corrected chi connectivity index (χ0v) is 25.6. The molecule has 0 aliphatic rings. The number of halogens is 2. The van der Waals surface area contributed by atoms with Gasteiger partial charge in [0.25, 0.3) is 0 Å². The zero-order chi connectivity index (χ0) is 30.2. The first-order chi connectivity index (χ1) is 19.5. The Morgan fingerprint density at radius 1 is 0.927 bits per heavy atom. The number of likely N-dealkylation sites (N-methyl/N-ethyl adjacent to an activating group) is 1. The number of nitrogens with one attached hydrogen (secondary N) is 1. The van der Waals surface area contributed by atoms with Gasteiger partial charge in [0.1, 0.15) is 12.6 Å². The summed E-state index contributed by atoms with van der Waals surface area (Å²) in [5.74, 6) is -0.349.